The van der Waals surface area contributed by atoms with Crippen LogP contribution in [0.25, 0.3) is 10.8 Å². The van der Waals surface area contributed by atoms with Gasteiger partial charge in [0.15, 0.2) is 0 Å². The van der Waals surface area contributed by atoms with Gasteiger partial charge in [-0.25, -0.2) is 0 Å². The summed E-state index contributed by atoms with van der Waals surface area (Å²) in [5.41, 5.74) is 9.99. The molecule has 0 bridgehead atoms. The number of anilines is 2. The Balaban J connectivity index is 1.94. The van der Waals surface area contributed by atoms with Gasteiger partial charge in [0.25, 0.3) is 0 Å². The molecule has 3 aromatic carbocycles. The van der Waals surface area contributed by atoms with Crippen molar-refractivity contribution in [3.8, 4) is 0 Å². The number of hydrogen-bond donors (Lipinski definition) is 1. The fourth-order valence-corrected chi connectivity index (χ4v) is 2.42. The highest BCUT2D eigenvalue weighted by atomic mass is 15.1. The van der Waals surface area contributed by atoms with Crippen LogP contribution in [0.5, 0.6) is 0 Å². The maximum absolute atomic E-state index is 6.02. The fourth-order valence-electron chi connectivity index (χ4n) is 2.42. The maximum Gasteiger partial charge on any atom is 0.0709 e. The predicted molar refractivity (Wildman–Crippen MR) is 96.4 cm³/mol. The van der Waals surface area contributed by atoms with Crippen LogP contribution in [-0.4, -0.2) is 20.3 Å². The molecule has 2 N–H and O–H groups in total. The van der Waals surface area contributed by atoms with Crippen LogP contribution in [0.1, 0.15) is 5.56 Å². The third-order valence-electron chi connectivity index (χ3n) is 3.70. The van der Waals surface area contributed by atoms with E-state index in [1.165, 1.54) is 5.69 Å². The zero-order valence-corrected chi connectivity index (χ0v) is 12.8. The van der Waals surface area contributed by atoms with Crippen molar-refractivity contribution in [2.75, 3.05) is 24.7 Å². The summed E-state index contributed by atoms with van der Waals surface area (Å²) in [5, 5.41) is 2.11. The van der Waals surface area contributed by atoms with Crippen LogP contribution in [0.15, 0.2) is 65.7 Å². The van der Waals surface area contributed by atoms with Gasteiger partial charge in [-0.2, -0.15) is 0 Å². The summed E-state index contributed by atoms with van der Waals surface area (Å²) >= 11 is 0. The summed E-state index contributed by atoms with van der Waals surface area (Å²) in [6.07, 6.45) is 1.89. The smallest absolute Gasteiger partial charge is 0.0709 e. The molecule has 0 heterocycles. The Morgan fingerprint density at radius 1 is 0.864 bits per heavy atom. The van der Waals surface area contributed by atoms with E-state index in [1.54, 1.807) is 0 Å². The van der Waals surface area contributed by atoms with Gasteiger partial charge in [0.05, 0.1) is 5.69 Å². The molecular formula is C19H19N3. The first kappa shape index (κ1) is 14.1. The molecule has 0 saturated carbocycles. The van der Waals surface area contributed by atoms with Crippen LogP contribution in [-0.2, 0) is 0 Å². The van der Waals surface area contributed by atoms with Gasteiger partial charge >= 0.3 is 0 Å². The van der Waals surface area contributed by atoms with Crippen molar-refractivity contribution in [3.63, 3.8) is 0 Å². The van der Waals surface area contributed by atoms with Gasteiger partial charge in [0, 0.05) is 42.5 Å². The summed E-state index contributed by atoms with van der Waals surface area (Å²) in [6.45, 7) is 0. The number of fused-ring (bicyclic) bond motifs is 1. The quantitative estimate of drug-likeness (QED) is 0.579. The number of nitrogens with zero attached hydrogens (tertiary/aromatic N) is 2. The molecule has 0 unspecified atom stereocenters. The lowest BCUT2D eigenvalue weighted by Gasteiger charge is -2.11. The van der Waals surface area contributed by atoms with E-state index in [0.717, 1.165) is 27.7 Å². The number of hydrogen-bond acceptors (Lipinski definition) is 3. The topological polar surface area (TPSA) is 41.6 Å². The highest BCUT2D eigenvalue weighted by Gasteiger charge is 2.02. The first-order chi connectivity index (χ1) is 10.6. The average molecular weight is 289 g/mol. The van der Waals surface area contributed by atoms with E-state index < -0.39 is 0 Å². The molecule has 3 nitrogen and oxygen atoms in total. The number of aliphatic imine (C=N–C) groups is 1. The van der Waals surface area contributed by atoms with Crippen LogP contribution in [0, 0.1) is 0 Å². The molecule has 0 amide bonds. The predicted octanol–water partition coefficient (Wildman–Crippen LogP) is 4.24. The highest BCUT2D eigenvalue weighted by Crippen LogP contribution is 2.30. The SMILES string of the molecule is CN(C)c1ccc(/C=N/c2ccc(N)c3ccccc23)cc1. The van der Waals surface area contributed by atoms with Crippen molar-refractivity contribution in [2.24, 2.45) is 4.99 Å². The number of benzene rings is 3. The minimum absolute atomic E-state index is 0.782. The Kier molecular flexibility index (Phi) is 3.79. The van der Waals surface area contributed by atoms with Crippen LogP contribution in [0.3, 0.4) is 0 Å². The molecule has 0 aromatic heterocycles. The van der Waals surface area contributed by atoms with E-state index >= 15 is 0 Å². The monoisotopic (exact) mass is 289 g/mol. The fraction of sp³-hybridized carbons (Fsp3) is 0.105. The van der Waals surface area contributed by atoms with Crippen LogP contribution >= 0.6 is 0 Å². The van der Waals surface area contributed by atoms with Crippen molar-refractivity contribution in [3.05, 3.63) is 66.2 Å². The van der Waals surface area contributed by atoms with Gasteiger partial charge in [0.1, 0.15) is 0 Å². The lowest BCUT2D eigenvalue weighted by atomic mass is 10.1. The Morgan fingerprint density at radius 2 is 1.55 bits per heavy atom. The molecule has 3 heteroatoms. The summed E-state index contributed by atoms with van der Waals surface area (Å²) < 4.78 is 0. The van der Waals surface area contributed by atoms with Crippen molar-refractivity contribution in [1.82, 2.24) is 0 Å². The number of nitrogens with two attached hydrogens (primary N) is 1. The van der Waals surface area contributed by atoms with Gasteiger partial charge in [-0.05, 0) is 29.8 Å². The molecule has 0 aliphatic carbocycles. The lowest BCUT2D eigenvalue weighted by molar-refractivity contribution is 1.13. The van der Waals surface area contributed by atoms with Gasteiger partial charge in [-0.1, -0.05) is 36.4 Å². The molecule has 22 heavy (non-hydrogen) atoms. The summed E-state index contributed by atoms with van der Waals surface area (Å²) in [6, 6.07) is 20.2. The van der Waals surface area contributed by atoms with E-state index in [9.17, 15) is 0 Å². The summed E-state index contributed by atoms with van der Waals surface area (Å²) in [4.78, 5) is 6.70. The van der Waals surface area contributed by atoms with E-state index in [4.69, 9.17) is 5.73 Å². The molecular weight excluding hydrogens is 270 g/mol. The Morgan fingerprint density at radius 3 is 2.23 bits per heavy atom. The minimum atomic E-state index is 0.782. The molecule has 3 rings (SSSR count). The van der Waals surface area contributed by atoms with Crippen molar-refractivity contribution in [2.45, 2.75) is 0 Å². The standard InChI is InChI=1S/C19H19N3/c1-22(2)15-9-7-14(8-10-15)13-21-19-12-11-18(20)16-5-3-4-6-17(16)19/h3-13H,20H2,1-2H3/b21-13+. The molecule has 0 radical (unpaired) electrons. The minimum Gasteiger partial charge on any atom is -0.398 e. The second-order valence-corrected chi connectivity index (χ2v) is 5.46. The number of rotatable bonds is 3. The molecule has 0 aliphatic rings. The Bertz CT molecular complexity index is 818. The van der Waals surface area contributed by atoms with Gasteiger partial charge in [0.2, 0.25) is 0 Å². The summed E-state index contributed by atoms with van der Waals surface area (Å²) in [5.74, 6) is 0. The third-order valence-corrected chi connectivity index (χ3v) is 3.70. The molecule has 3 aromatic rings. The van der Waals surface area contributed by atoms with E-state index in [-0.39, 0.29) is 0 Å². The van der Waals surface area contributed by atoms with Crippen molar-refractivity contribution in [1.29, 1.82) is 0 Å². The second-order valence-electron chi connectivity index (χ2n) is 5.46. The van der Waals surface area contributed by atoms with Crippen LogP contribution in [0.2, 0.25) is 0 Å². The molecule has 0 fully saturated rings. The Hall–Kier alpha value is -2.81. The normalized spacial score (nSPS) is 11.2. The molecule has 110 valence electrons. The van der Waals surface area contributed by atoms with Crippen molar-refractivity contribution < 1.29 is 0 Å². The zero-order valence-electron chi connectivity index (χ0n) is 12.8. The second kappa shape index (κ2) is 5.90. The highest BCUT2D eigenvalue weighted by molar-refractivity contribution is 6.01. The average Bonchev–Trinajstić information content (AvgIpc) is 2.55. The van der Waals surface area contributed by atoms with E-state index in [1.807, 2.05) is 56.7 Å². The number of nitrogen functional groups attached to an aromatic ring is 1. The molecule has 0 aliphatic heterocycles. The van der Waals surface area contributed by atoms with Gasteiger partial charge < -0.3 is 10.6 Å². The van der Waals surface area contributed by atoms with E-state index in [2.05, 4.69) is 34.2 Å². The van der Waals surface area contributed by atoms with Crippen molar-refractivity contribution >= 4 is 34.0 Å². The molecule has 0 atom stereocenters. The molecule has 0 saturated heterocycles. The Labute approximate surface area is 130 Å². The van der Waals surface area contributed by atoms with Crippen LogP contribution in [0.4, 0.5) is 17.1 Å². The maximum atomic E-state index is 6.02. The lowest BCUT2D eigenvalue weighted by Crippen LogP contribution is -2.08. The van der Waals surface area contributed by atoms with Gasteiger partial charge in [-0.3, -0.25) is 4.99 Å². The first-order valence-corrected chi connectivity index (χ1v) is 7.24. The third kappa shape index (κ3) is 2.79. The first-order valence-electron chi connectivity index (χ1n) is 7.24. The largest absolute Gasteiger partial charge is 0.398 e. The molecule has 0 spiro atoms. The van der Waals surface area contributed by atoms with Gasteiger partial charge in [-0.15, -0.1) is 0 Å². The van der Waals surface area contributed by atoms with Crippen LogP contribution < -0.4 is 10.6 Å². The summed E-state index contributed by atoms with van der Waals surface area (Å²) in [7, 11) is 4.06. The zero-order chi connectivity index (χ0) is 15.5. The van der Waals surface area contributed by atoms with E-state index in [0.29, 0.717) is 0 Å².